The van der Waals surface area contributed by atoms with Crippen LogP contribution < -0.4 is 20.2 Å². The third-order valence-electron chi connectivity index (χ3n) is 3.56. The highest BCUT2D eigenvalue weighted by atomic mass is 35.5. The monoisotopic (exact) mass is 398 g/mol. The summed E-state index contributed by atoms with van der Waals surface area (Å²) in [6, 6.07) is 5.80. The lowest BCUT2D eigenvalue weighted by Gasteiger charge is -2.36. The van der Waals surface area contributed by atoms with Crippen LogP contribution in [-0.4, -0.2) is 22.8 Å². The first-order chi connectivity index (χ1) is 12.3. The molecular formula is C15H12Cl2N4O5. The number of nitro benzene ring substituents is 1. The number of fused-ring (bicyclic) bond motifs is 1. The van der Waals surface area contributed by atoms with Gasteiger partial charge in [0, 0.05) is 0 Å². The van der Waals surface area contributed by atoms with Gasteiger partial charge in [-0.25, -0.2) is 4.79 Å². The Morgan fingerprint density at radius 3 is 2.58 bits per heavy atom. The van der Waals surface area contributed by atoms with Crippen LogP contribution >= 0.6 is 23.2 Å². The van der Waals surface area contributed by atoms with Gasteiger partial charge in [-0.3, -0.25) is 15.3 Å². The SMILES string of the molecule is CCOc1ccc(N2C(=O)Nc3cc(Cl)c(Cl)cc3N2O)c([N+](=O)[O-])c1. The van der Waals surface area contributed by atoms with E-state index in [4.69, 9.17) is 27.9 Å². The summed E-state index contributed by atoms with van der Waals surface area (Å²) in [5.74, 6) is 0.264. The molecule has 1 aliphatic rings. The van der Waals surface area contributed by atoms with Gasteiger partial charge in [0.25, 0.3) is 5.69 Å². The molecule has 0 unspecified atom stereocenters. The van der Waals surface area contributed by atoms with E-state index in [2.05, 4.69) is 5.32 Å². The second-order valence-electron chi connectivity index (χ2n) is 5.16. The fourth-order valence-electron chi connectivity index (χ4n) is 2.46. The van der Waals surface area contributed by atoms with Crippen LogP contribution in [-0.2, 0) is 0 Å². The third-order valence-corrected chi connectivity index (χ3v) is 4.28. The van der Waals surface area contributed by atoms with E-state index in [1.54, 1.807) is 6.92 Å². The summed E-state index contributed by atoms with van der Waals surface area (Å²) in [6.45, 7) is 2.05. The topological polar surface area (TPSA) is 108 Å². The fourth-order valence-corrected chi connectivity index (χ4v) is 2.78. The highest BCUT2D eigenvalue weighted by molar-refractivity contribution is 6.42. The van der Waals surface area contributed by atoms with Crippen molar-refractivity contribution in [1.82, 2.24) is 0 Å². The van der Waals surface area contributed by atoms with E-state index < -0.39 is 16.6 Å². The van der Waals surface area contributed by atoms with Crippen LogP contribution in [0.1, 0.15) is 6.92 Å². The number of ether oxygens (including phenoxy) is 1. The van der Waals surface area contributed by atoms with Crippen molar-refractivity contribution < 1.29 is 19.7 Å². The number of amides is 2. The molecule has 0 saturated heterocycles. The van der Waals surface area contributed by atoms with Gasteiger partial charge in [-0.05, 0) is 31.2 Å². The molecule has 26 heavy (non-hydrogen) atoms. The number of hydrogen-bond acceptors (Lipinski definition) is 6. The lowest BCUT2D eigenvalue weighted by molar-refractivity contribution is -0.384. The molecule has 0 aromatic heterocycles. The highest BCUT2D eigenvalue weighted by Gasteiger charge is 2.35. The molecule has 2 N–H and O–H groups in total. The van der Waals surface area contributed by atoms with Gasteiger partial charge in [0.15, 0.2) is 0 Å². The molecule has 9 nitrogen and oxygen atoms in total. The predicted molar refractivity (Wildman–Crippen MR) is 96.5 cm³/mol. The Kier molecular flexibility index (Phi) is 4.77. The molecule has 2 aromatic rings. The molecule has 136 valence electrons. The molecule has 2 aromatic carbocycles. The number of benzene rings is 2. The molecule has 0 radical (unpaired) electrons. The van der Waals surface area contributed by atoms with E-state index in [9.17, 15) is 20.1 Å². The Balaban J connectivity index is 2.10. The van der Waals surface area contributed by atoms with Crippen LogP contribution in [0.5, 0.6) is 5.75 Å². The number of rotatable bonds is 4. The fraction of sp³-hybridized carbons (Fsp3) is 0.133. The van der Waals surface area contributed by atoms with Crippen molar-refractivity contribution in [2.24, 2.45) is 0 Å². The number of nitro groups is 1. The molecule has 0 fully saturated rings. The second kappa shape index (κ2) is 6.87. The van der Waals surface area contributed by atoms with Crippen molar-refractivity contribution in [1.29, 1.82) is 0 Å². The number of carbonyl (C=O) groups excluding carboxylic acids is 1. The number of halogens is 2. The minimum absolute atomic E-state index is 0.0992. The van der Waals surface area contributed by atoms with Gasteiger partial charge >= 0.3 is 6.03 Å². The van der Waals surface area contributed by atoms with Gasteiger partial charge in [0.1, 0.15) is 17.1 Å². The molecule has 2 amide bonds. The van der Waals surface area contributed by atoms with Crippen molar-refractivity contribution in [3.63, 3.8) is 0 Å². The number of nitrogens with one attached hydrogen (secondary N) is 1. The van der Waals surface area contributed by atoms with Crippen LogP contribution in [0.4, 0.5) is 27.5 Å². The normalized spacial score (nSPS) is 13.3. The van der Waals surface area contributed by atoms with Gasteiger partial charge in [-0.15, -0.1) is 0 Å². The number of nitrogens with zero attached hydrogens (tertiary/aromatic N) is 3. The summed E-state index contributed by atoms with van der Waals surface area (Å²) in [6.07, 6.45) is 0. The molecular weight excluding hydrogens is 387 g/mol. The van der Waals surface area contributed by atoms with E-state index in [1.807, 2.05) is 0 Å². The summed E-state index contributed by atoms with van der Waals surface area (Å²) in [5, 5.41) is 25.9. The quantitative estimate of drug-likeness (QED) is 0.581. The maximum atomic E-state index is 12.4. The van der Waals surface area contributed by atoms with E-state index in [-0.39, 0.29) is 32.9 Å². The minimum atomic E-state index is -0.814. The van der Waals surface area contributed by atoms with E-state index >= 15 is 0 Å². The number of hydrogen-bond donors (Lipinski definition) is 2. The average molecular weight is 399 g/mol. The van der Waals surface area contributed by atoms with E-state index in [0.29, 0.717) is 16.8 Å². The van der Waals surface area contributed by atoms with Crippen molar-refractivity contribution in [3.05, 3.63) is 50.5 Å². The standard InChI is InChI=1S/C15H12Cl2N4O5/c1-2-26-8-3-4-12(14(5-8)21(24)25)19-15(22)18-11-6-9(16)10(17)7-13(11)20(19)23/h3-7,23H,2H2,1H3,(H,18,22). The molecule has 0 spiro atoms. The van der Waals surface area contributed by atoms with Crippen LogP contribution in [0.3, 0.4) is 0 Å². The average Bonchev–Trinajstić information content (AvgIpc) is 2.58. The number of hydrazine groups is 1. The van der Waals surface area contributed by atoms with Crippen molar-refractivity contribution >= 4 is 52.0 Å². The van der Waals surface area contributed by atoms with E-state index in [0.717, 1.165) is 0 Å². The maximum absolute atomic E-state index is 12.4. The zero-order valence-electron chi connectivity index (χ0n) is 13.3. The summed E-state index contributed by atoms with van der Waals surface area (Å²) in [5.41, 5.74) is -0.275. The van der Waals surface area contributed by atoms with Crippen LogP contribution in [0.25, 0.3) is 0 Å². The Labute approximate surface area is 157 Å². The molecule has 3 rings (SSSR count). The van der Waals surface area contributed by atoms with Gasteiger partial charge < -0.3 is 10.1 Å². The molecule has 11 heteroatoms. The first-order valence-electron chi connectivity index (χ1n) is 7.33. The molecule has 0 saturated carbocycles. The number of anilines is 3. The largest absolute Gasteiger partial charge is 0.494 e. The molecule has 0 bridgehead atoms. The number of carbonyl (C=O) groups is 1. The minimum Gasteiger partial charge on any atom is -0.494 e. The van der Waals surface area contributed by atoms with E-state index in [1.165, 1.54) is 30.3 Å². The number of urea groups is 1. The van der Waals surface area contributed by atoms with Crippen LogP contribution in [0, 0.1) is 10.1 Å². The molecule has 0 atom stereocenters. The smallest absolute Gasteiger partial charge is 0.347 e. The van der Waals surface area contributed by atoms with Crippen molar-refractivity contribution in [2.75, 3.05) is 22.1 Å². The first kappa shape index (κ1) is 18.1. The summed E-state index contributed by atoms with van der Waals surface area (Å²) < 4.78 is 5.25. The van der Waals surface area contributed by atoms with Gasteiger partial charge in [-0.2, -0.15) is 10.2 Å². The Bertz CT molecular complexity index is 908. The maximum Gasteiger partial charge on any atom is 0.347 e. The summed E-state index contributed by atoms with van der Waals surface area (Å²) in [4.78, 5) is 23.2. The Morgan fingerprint density at radius 1 is 1.23 bits per heavy atom. The van der Waals surface area contributed by atoms with Gasteiger partial charge in [0.05, 0.1) is 33.3 Å². The lowest BCUT2D eigenvalue weighted by Crippen LogP contribution is -2.51. The van der Waals surface area contributed by atoms with Crippen LogP contribution in [0.2, 0.25) is 10.0 Å². The van der Waals surface area contributed by atoms with Gasteiger partial charge in [0.2, 0.25) is 0 Å². The summed E-state index contributed by atoms with van der Waals surface area (Å²) >= 11 is 11.9. The second-order valence-corrected chi connectivity index (χ2v) is 5.97. The molecule has 1 heterocycles. The Morgan fingerprint density at radius 2 is 1.92 bits per heavy atom. The predicted octanol–water partition coefficient (Wildman–Crippen LogP) is 4.46. The van der Waals surface area contributed by atoms with Crippen LogP contribution in [0.15, 0.2) is 30.3 Å². The third kappa shape index (κ3) is 3.07. The molecule has 1 aliphatic heterocycles. The first-order valence-corrected chi connectivity index (χ1v) is 8.09. The van der Waals surface area contributed by atoms with Gasteiger partial charge in [-0.1, -0.05) is 23.2 Å². The Hall–Kier alpha value is -2.75. The zero-order valence-corrected chi connectivity index (χ0v) is 14.8. The van der Waals surface area contributed by atoms with Crippen molar-refractivity contribution in [2.45, 2.75) is 6.92 Å². The summed E-state index contributed by atoms with van der Waals surface area (Å²) in [7, 11) is 0. The zero-order chi connectivity index (χ0) is 19.0. The van der Waals surface area contributed by atoms with Crippen molar-refractivity contribution in [3.8, 4) is 5.75 Å². The lowest BCUT2D eigenvalue weighted by atomic mass is 10.2. The molecule has 0 aliphatic carbocycles. The highest BCUT2D eigenvalue weighted by Crippen LogP contribution is 2.41.